The van der Waals surface area contributed by atoms with Crippen LogP contribution in [0, 0.1) is 0 Å². The predicted molar refractivity (Wildman–Crippen MR) is 60.6 cm³/mol. The van der Waals surface area contributed by atoms with Crippen LogP contribution >= 0.6 is 0 Å². The van der Waals surface area contributed by atoms with Crippen LogP contribution in [0.2, 0.25) is 6.32 Å². The highest BCUT2D eigenvalue weighted by atomic mass is 32.2. The number of ether oxygens (including phenoxy) is 1. The first kappa shape index (κ1) is 14.0. The fraction of sp³-hybridized carbons (Fsp3) is 0.400. The maximum atomic E-state index is 12.7. The summed E-state index contributed by atoms with van der Waals surface area (Å²) in [4.78, 5) is -0.382. The molecule has 0 saturated heterocycles. The lowest BCUT2D eigenvalue weighted by molar-refractivity contribution is 0.147. The number of benzene rings is 1. The van der Waals surface area contributed by atoms with Gasteiger partial charge in [0.2, 0.25) is 0 Å². The molecule has 0 fully saturated rings. The Kier molecular flexibility index (Phi) is 4.50. The van der Waals surface area contributed by atoms with Gasteiger partial charge in [0, 0.05) is 11.8 Å². The number of alkyl halides is 2. The van der Waals surface area contributed by atoms with E-state index in [2.05, 4.69) is 0 Å². The Hall–Kier alpha value is -1.11. The zero-order valence-electron chi connectivity index (χ0n) is 9.19. The van der Waals surface area contributed by atoms with Crippen molar-refractivity contribution in [1.29, 1.82) is 0 Å². The second kappa shape index (κ2) is 5.49. The molecule has 0 saturated carbocycles. The van der Waals surface area contributed by atoms with Crippen molar-refractivity contribution in [2.45, 2.75) is 17.6 Å². The zero-order valence-corrected chi connectivity index (χ0v) is 10.0. The second-order valence-electron chi connectivity index (χ2n) is 3.41. The molecule has 92 valence electrons. The molecule has 0 N–H and O–H groups in total. The summed E-state index contributed by atoms with van der Waals surface area (Å²) in [6.07, 6.45) is -1.74. The highest BCUT2D eigenvalue weighted by Gasteiger charge is 2.20. The molecular weight excluding hydrogens is 249 g/mol. The fourth-order valence-electron chi connectivity index (χ4n) is 1.30. The molecule has 0 bridgehead atoms. The first-order valence-electron chi connectivity index (χ1n) is 4.81. The van der Waals surface area contributed by atoms with Gasteiger partial charge in [0.1, 0.15) is 5.75 Å². The van der Waals surface area contributed by atoms with Gasteiger partial charge in [-0.3, -0.25) is 0 Å². The van der Waals surface area contributed by atoms with Crippen LogP contribution in [0.1, 0.15) is 12.0 Å². The third-order valence-electron chi connectivity index (χ3n) is 2.00. The summed E-state index contributed by atoms with van der Waals surface area (Å²) in [6.45, 7) is 0.181. The topological polar surface area (TPSA) is 43.4 Å². The van der Waals surface area contributed by atoms with E-state index in [1.165, 1.54) is 6.07 Å². The molecule has 0 unspecified atom stereocenters. The van der Waals surface area contributed by atoms with E-state index in [4.69, 9.17) is 12.6 Å². The SMILES string of the molecule is [B]CCOc1ccc(S(C)(=O)=O)c(C(F)F)c1. The molecule has 1 rings (SSSR count). The molecule has 0 aliphatic heterocycles. The van der Waals surface area contributed by atoms with Gasteiger partial charge >= 0.3 is 0 Å². The number of rotatable bonds is 5. The van der Waals surface area contributed by atoms with E-state index in [1.807, 2.05) is 0 Å². The van der Waals surface area contributed by atoms with Gasteiger partial charge in [0.15, 0.2) is 9.84 Å². The van der Waals surface area contributed by atoms with Gasteiger partial charge in [-0.1, -0.05) is 6.32 Å². The Bertz CT molecular complexity index is 488. The maximum Gasteiger partial charge on any atom is 0.265 e. The van der Waals surface area contributed by atoms with Crippen molar-refractivity contribution < 1.29 is 21.9 Å². The normalized spacial score (nSPS) is 11.8. The number of hydrogen-bond donors (Lipinski definition) is 0. The van der Waals surface area contributed by atoms with Crippen molar-refractivity contribution in [2.75, 3.05) is 12.9 Å². The molecule has 0 amide bonds. The minimum absolute atomic E-state index is 0.179. The largest absolute Gasteiger partial charge is 0.494 e. The van der Waals surface area contributed by atoms with Crippen LogP contribution in [0.4, 0.5) is 8.78 Å². The van der Waals surface area contributed by atoms with Crippen LogP contribution < -0.4 is 4.74 Å². The third kappa shape index (κ3) is 3.69. The highest BCUT2D eigenvalue weighted by Crippen LogP contribution is 2.30. The van der Waals surface area contributed by atoms with Crippen LogP contribution in [-0.2, 0) is 9.84 Å². The molecule has 0 spiro atoms. The summed E-state index contributed by atoms with van der Waals surface area (Å²) >= 11 is 0. The molecule has 1 aromatic rings. The summed E-state index contributed by atoms with van der Waals surface area (Å²) < 4.78 is 53.1. The Balaban J connectivity index is 3.18. The van der Waals surface area contributed by atoms with Crippen LogP contribution in [0.5, 0.6) is 5.75 Å². The summed E-state index contributed by atoms with van der Waals surface area (Å²) in [7, 11) is 1.53. The lowest BCUT2D eigenvalue weighted by Crippen LogP contribution is -2.04. The van der Waals surface area contributed by atoms with Gasteiger partial charge in [-0.15, -0.1) is 0 Å². The maximum absolute atomic E-state index is 12.7. The third-order valence-corrected chi connectivity index (χ3v) is 3.17. The molecular formula is C10H11BF2O3S. The number of halogens is 2. The van der Waals surface area contributed by atoms with E-state index >= 15 is 0 Å². The first-order valence-corrected chi connectivity index (χ1v) is 6.70. The minimum atomic E-state index is -3.68. The molecule has 17 heavy (non-hydrogen) atoms. The van der Waals surface area contributed by atoms with Crippen LogP contribution in [0.25, 0.3) is 0 Å². The monoisotopic (exact) mass is 260 g/mol. The summed E-state index contributed by atoms with van der Waals surface area (Å²) in [5.74, 6) is 0.179. The Morgan fingerprint density at radius 2 is 2.06 bits per heavy atom. The Morgan fingerprint density at radius 1 is 1.41 bits per heavy atom. The molecule has 0 aliphatic rings. The van der Waals surface area contributed by atoms with Gasteiger partial charge in [-0.05, 0) is 18.2 Å². The lowest BCUT2D eigenvalue weighted by Gasteiger charge is -2.10. The quantitative estimate of drug-likeness (QED) is 0.760. The predicted octanol–water partition coefficient (Wildman–Crippen LogP) is 1.99. The molecule has 0 aromatic heterocycles. The van der Waals surface area contributed by atoms with Crippen LogP contribution in [0.3, 0.4) is 0 Å². The average Bonchev–Trinajstić information content (AvgIpc) is 2.24. The highest BCUT2D eigenvalue weighted by molar-refractivity contribution is 7.90. The van der Waals surface area contributed by atoms with Gasteiger partial charge in [0.25, 0.3) is 6.43 Å². The second-order valence-corrected chi connectivity index (χ2v) is 5.39. The number of sulfone groups is 1. The zero-order chi connectivity index (χ0) is 13.1. The van der Waals surface area contributed by atoms with Crippen LogP contribution in [-0.4, -0.2) is 29.1 Å². The van der Waals surface area contributed by atoms with Crippen molar-refractivity contribution in [3.05, 3.63) is 23.8 Å². The molecule has 1 aromatic carbocycles. The molecule has 0 heterocycles. The van der Waals surface area contributed by atoms with Crippen molar-refractivity contribution in [3.8, 4) is 5.75 Å². The Morgan fingerprint density at radius 3 is 2.53 bits per heavy atom. The average molecular weight is 260 g/mol. The van der Waals surface area contributed by atoms with E-state index in [1.54, 1.807) is 0 Å². The molecule has 0 atom stereocenters. The van der Waals surface area contributed by atoms with Crippen molar-refractivity contribution in [2.24, 2.45) is 0 Å². The van der Waals surface area contributed by atoms with Crippen molar-refractivity contribution in [1.82, 2.24) is 0 Å². The summed E-state index contributed by atoms with van der Waals surface area (Å²) in [5.41, 5.74) is -0.554. The first-order chi connectivity index (χ1) is 7.86. The Labute approximate surface area is 100 Å². The van der Waals surface area contributed by atoms with Gasteiger partial charge in [-0.2, -0.15) is 0 Å². The smallest absolute Gasteiger partial charge is 0.265 e. The molecule has 3 nitrogen and oxygen atoms in total. The molecule has 2 radical (unpaired) electrons. The van der Waals surface area contributed by atoms with E-state index < -0.39 is 21.8 Å². The van der Waals surface area contributed by atoms with Crippen molar-refractivity contribution >= 4 is 17.7 Å². The van der Waals surface area contributed by atoms with Gasteiger partial charge in [-0.25, -0.2) is 17.2 Å². The van der Waals surface area contributed by atoms with E-state index in [0.717, 1.165) is 18.4 Å². The lowest BCUT2D eigenvalue weighted by atomic mass is 10.1. The van der Waals surface area contributed by atoms with E-state index in [-0.39, 0.29) is 23.6 Å². The minimum Gasteiger partial charge on any atom is -0.494 e. The van der Waals surface area contributed by atoms with Crippen molar-refractivity contribution in [3.63, 3.8) is 0 Å². The number of hydrogen-bond acceptors (Lipinski definition) is 3. The van der Waals surface area contributed by atoms with E-state index in [0.29, 0.717) is 0 Å². The molecule has 7 heteroatoms. The fourth-order valence-corrected chi connectivity index (χ4v) is 2.19. The summed E-state index contributed by atoms with van der Waals surface area (Å²) in [6, 6.07) is 3.47. The standard InChI is InChI=1S/C10H11BF2O3S/c1-17(14,15)9-3-2-7(16-5-4-11)6-8(9)10(12)13/h2-3,6,10H,4-5H2,1H3. The van der Waals surface area contributed by atoms with E-state index in [9.17, 15) is 17.2 Å². The molecule has 0 aliphatic carbocycles. The van der Waals surface area contributed by atoms with Crippen LogP contribution in [0.15, 0.2) is 23.1 Å². The summed E-state index contributed by atoms with van der Waals surface area (Å²) in [5, 5.41) is 0. The van der Waals surface area contributed by atoms with Gasteiger partial charge < -0.3 is 4.74 Å². The van der Waals surface area contributed by atoms with Gasteiger partial charge in [0.05, 0.1) is 19.3 Å².